The fourth-order valence-electron chi connectivity index (χ4n) is 2.98. The number of hydrogen-bond acceptors (Lipinski definition) is 4. The molecule has 0 aromatic heterocycles. The Bertz CT molecular complexity index is 628. The first-order valence-corrected chi connectivity index (χ1v) is 9.63. The lowest BCUT2D eigenvalue weighted by Gasteiger charge is -2.17. The van der Waals surface area contributed by atoms with Crippen molar-refractivity contribution in [2.75, 3.05) is 38.2 Å². The molecule has 1 amide bonds. The van der Waals surface area contributed by atoms with Gasteiger partial charge in [0.2, 0.25) is 5.91 Å². The van der Waals surface area contributed by atoms with Gasteiger partial charge in [-0.2, -0.15) is 0 Å². The highest BCUT2D eigenvalue weighted by Gasteiger charge is 2.24. The molecule has 1 fully saturated rings. The van der Waals surface area contributed by atoms with Crippen molar-refractivity contribution >= 4 is 15.7 Å². The molecular weight excluding hydrogens is 300 g/mol. The summed E-state index contributed by atoms with van der Waals surface area (Å²) in [5, 5.41) is 2.67. The van der Waals surface area contributed by atoms with Gasteiger partial charge in [0.25, 0.3) is 0 Å². The zero-order chi connectivity index (χ0) is 16.2. The summed E-state index contributed by atoms with van der Waals surface area (Å²) in [5.41, 5.74) is 2.74. The highest BCUT2D eigenvalue weighted by atomic mass is 32.2. The van der Waals surface area contributed by atoms with Crippen molar-refractivity contribution in [2.24, 2.45) is 0 Å². The number of carbonyl (C=O) groups excluding carboxylic acids is 1. The lowest BCUT2D eigenvalue weighted by atomic mass is 9.94. The first-order chi connectivity index (χ1) is 10.3. The first kappa shape index (κ1) is 17.0. The van der Waals surface area contributed by atoms with Crippen LogP contribution in [-0.4, -0.2) is 57.4 Å². The average Bonchev–Trinajstić information content (AvgIpc) is 2.85. The van der Waals surface area contributed by atoms with Crippen molar-refractivity contribution in [3.05, 3.63) is 35.4 Å². The van der Waals surface area contributed by atoms with E-state index in [1.807, 2.05) is 0 Å². The second-order valence-electron chi connectivity index (χ2n) is 6.06. The highest BCUT2D eigenvalue weighted by Crippen LogP contribution is 2.28. The van der Waals surface area contributed by atoms with Gasteiger partial charge in [-0.15, -0.1) is 0 Å². The lowest BCUT2D eigenvalue weighted by molar-refractivity contribution is -0.118. The molecule has 0 spiro atoms. The fraction of sp³-hybridized carbons (Fsp3) is 0.562. The van der Waals surface area contributed by atoms with Gasteiger partial charge in [0.1, 0.15) is 5.75 Å². The molecule has 5 nitrogen and oxygen atoms in total. The van der Waals surface area contributed by atoms with E-state index in [4.69, 9.17) is 0 Å². The molecule has 1 N–H and O–H groups in total. The van der Waals surface area contributed by atoms with Gasteiger partial charge in [0.15, 0.2) is 9.84 Å². The number of hydrogen-bond donors (Lipinski definition) is 1. The topological polar surface area (TPSA) is 66.5 Å². The van der Waals surface area contributed by atoms with Crippen LogP contribution >= 0.6 is 0 Å². The van der Waals surface area contributed by atoms with E-state index in [9.17, 15) is 13.2 Å². The summed E-state index contributed by atoms with van der Waals surface area (Å²) < 4.78 is 22.0. The minimum Gasteiger partial charge on any atom is -0.354 e. The molecule has 6 heteroatoms. The Morgan fingerprint density at radius 2 is 2.09 bits per heavy atom. The average molecular weight is 324 g/mol. The molecule has 0 bridgehead atoms. The summed E-state index contributed by atoms with van der Waals surface area (Å²) >= 11 is 0. The van der Waals surface area contributed by atoms with Crippen LogP contribution in [0.3, 0.4) is 0 Å². The van der Waals surface area contributed by atoms with Crippen LogP contribution in [0, 0.1) is 6.92 Å². The number of rotatable bonds is 6. The number of aryl methyl sites for hydroxylation is 1. The number of benzene rings is 1. The number of amides is 1. The fourth-order valence-corrected chi connectivity index (χ4v) is 3.56. The van der Waals surface area contributed by atoms with E-state index < -0.39 is 21.5 Å². The molecule has 1 aromatic carbocycles. The van der Waals surface area contributed by atoms with Gasteiger partial charge in [-0.3, -0.25) is 4.79 Å². The number of carbonyl (C=O) groups is 1. The summed E-state index contributed by atoms with van der Waals surface area (Å²) in [4.78, 5) is 13.8. The van der Waals surface area contributed by atoms with Gasteiger partial charge >= 0.3 is 0 Å². The third kappa shape index (κ3) is 5.10. The third-order valence-electron chi connectivity index (χ3n) is 4.04. The Morgan fingerprint density at radius 3 is 2.77 bits per heavy atom. The molecular formula is C16H24N2O3S. The van der Waals surface area contributed by atoms with Crippen molar-refractivity contribution in [2.45, 2.75) is 19.3 Å². The first-order valence-electron chi connectivity index (χ1n) is 7.57. The van der Waals surface area contributed by atoms with Crippen LogP contribution in [-0.2, 0) is 14.6 Å². The number of nitrogens with zero attached hydrogens (tertiary/aromatic N) is 1. The molecule has 1 aliphatic heterocycles. The Labute approximate surface area is 132 Å². The van der Waals surface area contributed by atoms with E-state index in [1.165, 1.54) is 11.1 Å². The van der Waals surface area contributed by atoms with Crippen LogP contribution < -0.4 is 5.32 Å². The highest BCUT2D eigenvalue weighted by molar-refractivity contribution is 7.91. The largest absolute Gasteiger partial charge is 0.354 e. The Hall–Kier alpha value is -1.40. The summed E-state index contributed by atoms with van der Waals surface area (Å²) in [7, 11) is -3.25. The molecule has 1 heterocycles. The van der Waals surface area contributed by atoms with Crippen LogP contribution in [0.15, 0.2) is 24.3 Å². The van der Waals surface area contributed by atoms with Crippen molar-refractivity contribution < 1.29 is 13.2 Å². The molecule has 1 saturated heterocycles. The number of sulfone groups is 1. The minimum atomic E-state index is -3.25. The van der Waals surface area contributed by atoms with E-state index in [0.29, 0.717) is 12.5 Å². The summed E-state index contributed by atoms with van der Waals surface area (Å²) in [6.45, 7) is 5.41. The predicted molar refractivity (Wildman–Crippen MR) is 87.7 cm³/mol. The smallest absolute Gasteiger partial charge is 0.235 e. The summed E-state index contributed by atoms with van der Waals surface area (Å²) in [5.74, 6) is -0.302. The zero-order valence-corrected chi connectivity index (χ0v) is 14.0. The molecule has 2 rings (SSSR count). The Balaban J connectivity index is 1.75. The van der Waals surface area contributed by atoms with E-state index in [-0.39, 0.29) is 0 Å². The normalized spacial score (nSPS) is 19.3. The minimum absolute atomic E-state index is 0.419. The molecule has 0 aliphatic carbocycles. The zero-order valence-electron chi connectivity index (χ0n) is 13.2. The molecule has 122 valence electrons. The van der Waals surface area contributed by atoms with Gasteiger partial charge in [0, 0.05) is 25.9 Å². The van der Waals surface area contributed by atoms with Gasteiger partial charge in [0.05, 0.1) is 0 Å². The van der Waals surface area contributed by atoms with Crippen molar-refractivity contribution in [1.82, 2.24) is 10.2 Å². The number of likely N-dealkylation sites (tertiary alicyclic amines) is 1. The third-order valence-corrected chi connectivity index (χ3v) is 4.83. The second kappa shape index (κ2) is 7.24. The van der Waals surface area contributed by atoms with Gasteiger partial charge < -0.3 is 10.2 Å². The maximum absolute atomic E-state index is 11.5. The van der Waals surface area contributed by atoms with Crippen molar-refractivity contribution in [3.8, 4) is 0 Å². The van der Waals surface area contributed by atoms with Gasteiger partial charge in [-0.25, -0.2) is 8.42 Å². The molecule has 22 heavy (non-hydrogen) atoms. The van der Waals surface area contributed by atoms with Crippen LogP contribution in [0.25, 0.3) is 0 Å². The van der Waals surface area contributed by atoms with E-state index in [2.05, 4.69) is 41.4 Å². The Morgan fingerprint density at radius 1 is 1.36 bits per heavy atom. The van der Waals surface area contributed by atoms with Crippen LogP contribution in [0.5, 0.6) is 0 Å². The Kier molecular flexibility index (Phi) is 5.58. The van der Waals surface area contributed by atoms with Crippen LogP contribution in [0.4, 0.5) is 0 Å². The quantitative estimate of drug-likeness (QED) is 0.846. The summed E-state index contributed by atoms with van der Waals surface area (Å²) in [6, 6.07) is 8.47. The van der Waals surface area contributed by atoms with Crippen molar-refractivity contribution in [3.63, 3.8) is 0 Å². The van der Waals surface area contributed by atoms with E-state index >= 15 is 0 Å². The predicted octanol–water partition coefficient (Wildman–Crippen LogP) is 0.945. The maximum Gasteiger partial charge on any atom is 0.235 e. The van der Waals surface area contributed by atoms with Crippen LogP contribution in [0.2, 0.25) is 0 Å². The molecule has 1 aromatic rings. The van der Waals surface area contributed by atoms with Crippen LogP contribution in [0.1, 0.15) is 23.5 Å². The monoisotopic (exact) mass is 324 g/mol. The number of nitrogens with one attached hydrogen (secondary N) is 1. The molecule has 1 unspecified atom stereocenters. The molecule has 0 radical (unpaired) electrons. The standard InChI is InChI=1S/C16H24N2O3S/c1-13-5-3-4-6-15(13)14-7-9-18(11-14)10-8-17-16(19)12-22(2,20)21/h3-6,14H,7-12H2,1-2H3,(H,17,19). The van der Waals surface area contributed by atoms with Gasteiger partial charge in [-0.1, -0.05) is 24.3 Å². The molecule has 0 saturated carbocycles. The maximum atomic E-state index is 11.5. The molecule has 1 aliphatic rings. The van der Waals surface area contributed by atoms with E-state index in [0.717, 1.165) is 32.3 Å². The summed E-state index contributed by atoms with van der Waals surface area (Å²) in [6.07, 6.45) is 2.20. The molecule has 1 atom stereocenters. The van der Waals surface area contributed by atoms with Crippen molar-refractivity contribution in [1.29, 1.82) is 0 Å². The van der Waals surface area contributed by atoms with Gasteiger partial charge in [-0.05, 0) is 36.9 Å². The lowest BCUT2D eigenvalue weighted by Crippen LogP contribution is -2.36. The second-order valence-corrected chi connectivity index (χ2v) is 8.20. The van der Waals surface area contributed by atoms with E-state index in [1.54, 1.807) is 0 Å². The SMILES string of the molecule is Cc1ccccc1C1CCN(CCNC(=O)CS(C)(=O)=O)C1.